The second kappa shape index (κ2) is 5.95. The number of nitrogens with zero attached hydrogens (tertiary/aromatic N) is 2. The van der Waals surface area contributed by atoms with E-state index in [1.165, 1.54) is 8.61 Å². The molecular weight excluding hydrogens is 228 g/mol. The van der Waals surface area contributed by atoms with E-state index in [-0.39, 0.29) is 12.5 Å². The second-order valence-corrected chi connectivity index (χ2v) is 6.07. The monoisotopic (exact) mass is 250 g/mol. The first-order chi connectivity index (χ1) is 7.56. The van der Waals surface area contributed by atoms with E-state index in [1.54, 1.807) is 0 Å². The molecule has 0 aromatic carbocycles. The third-order valence-corrected chi connectivity index (χ3v) is 5.25. The molecule has 1 N–H and O–H groups in total. The van der Waals surface area contributed by atoms with E-state index < -0.39 is 10.2 Å². The lowest BCUT2D eigenvalue weighted by Gasteiger charge is -2.34. The second-order valence-electron chi connectivity index (χ2n) is 4.14. The van der Waals surface area contributed by atoms with Crippen LogP contribution in [-0.4, -0.2) is 54.9 Å². The van der Waals surface area contributed by atoms with E-state index in [4.69, 9.17) is 5.11 Å². The van der Waals surface area contributed by atoms with Gasteiger partial charge < -0.3 is 5.11 Å². The quantitative estimate of drug-likeness (QED) is 0.762. The molecule has 1 rings (SSSR count). The Bertz CT molecular complexity index is 301. The fourth-order valence-corrected chi connectivity index (χ4v) is 3.84. The van der Waals surface area contributed by atoms with E-state index in [0.717, 1.165) is 12.8 Å². The first-order valence-corrected chi connectivity index (χ1v) is 7.32. The summed E-state index contributed by atoms with van der Waals surface area (Å²) in [5.41, 5.74) is 0. The zero-order valence-electron chi connectivity index (χ0n) is 10.1. The van der Waals surface area contributed by atoms with E-state index in [1.807, 2.05) is 13.8 Å². The molecule has 5 nitrogen and oxygen atoms in total. The van der Waals surface area contributed by atoms with Gasteiger partial charge in [0, 0.05) is 32.8 Å². The number of rotatable bonds is 5. The van der Waals surface area contributed by atoms with Crippen molar-refractivity contribution in [2.24, 2.45) is 5.92 Å². The van der Waals surface area contributed by atoms with Crippen LogP contribution in [0.1, 0.15) is 26.7 Å². The molecule has 6 heteroatoms. The molecule has 1 heterocycles. The van der Waals surface area contributed by atoms with Crippen molar-refractivity contribution in [1.29, 1.82) is 0 Å². The molecule has 1 atom stereocenters. The Balaban J connectivity index is 2.75. The van der Waals surface area contributed by atoms with Crippen molar-refractivity contribution in [2.75, 3.05) is 32.8 Å². The highest BCUT2D eigenvalue weighted by Gasteiger charge is 2.31. The summed E-state index contributed by atoms with van der Waals surface area (Å²) < 4.78 is 27.3. The average molecular weight is 250 g/mol. The van der Waals surface area contributed by atoms with Crippen molar-refractivity contribution in [3.05, 3.63) is 0 Å². The van der Waals surface area contributed by atoms with Crippen LogP contribution in [0.25, 0.3) is 0 Å². The third kappa shape index (κ3) is 2.94. The fraction of sp³-hybridized carbons (Fsp3) is 1.00. The molecule has 1 saturated heterocycles. The normalized spacial score (nSPS) is 23.9. The van der Waals surface area contributed by atoms with Crippen LogP contribution in [0.2, 0.25) is 0 Å². The minimum Gasteiger partial charge on any atom is -0.396 e. The van der Waals surface area contributed by atoms with Gasteiger partial charge in [0.25, 0.3) is 10.2 Å². The van der Waals surface area contributed by atoms with Gasteiger partial charge >= 0.3 is 0 Å². The van der Waals surface area contributed by atoms with E-state index in [9.17, 15) is 8.42 Å². The zero-order valence-corrected chi connectivity index (χ0v) is 10.9. The van der Waals surface area contributed by atoms with Gasteiger partial charge in [-0.05, 0) is 18.8 Å². The van der Waals surface area contributed by atoms with Gasteiger partial charge in [-0.15, -0.1) is 0 Å². The molecule has 0 saturated carbocycles. The molecule has 0 amide bonds. The number of aliphatic hydroxyl groups excluding tert-OH is 1. The van der Waals surface area contributed by atoms with Gasteiger partial charge in [-0.3, -0.25) is 0 Å². The summed E-state index contributed by atoms with van der Waals surface area (Å²) in [5.74, 6) is 0.0964. The molecule has 0 bridgehead atoms. The van der Waals surface area contributed by atoms with Gasteiger partial charge in [-0.25, -0.2) is 0 Å². The SMILES string of the molecule is CCN(CC)S(=O)(=O)N1CCCC(CO)C1. The largest absolute Gasteiger partial charge is 0.396 e. The van der Waals surface area contributed by atoms with E-state index in [0.29, 0.717) is 26.2 Å². The Morgan fingerprint density at radius 2 is 2.00 bits per heavy atom. The summed E-state index contributed by atoms with van der Waals surface area (Å²) in [7, 11) is -3.31. The maximum absolute atomic E-state index is 12.2. The van der Waals surface area contributed by atoms with Gasteiger partial charge in [0.15, 0.2) is 0 Å². The summed E-state index contributed by atoms with van der Waals surface area (Å²) in [6.07, 6.45) is 1.76. The summed E-state index contributed by atoms with van der Waals surface area (Å²) in [6.45, 7) is 5.79. The highest BCUT2D eigenvalue weighted by molar-refractivity contribution is 7.86. The Hall–Kier alpha value is -0.170. The summed E-state index contributed by atoms with van der Waals surface area (Å²) in [6, 6.07) is 0. The number of piperidine rings is 1. The first kappa shape index (κ1) is 13.9. The fourth-order valence-electron chi connectivity index (χ4n) is 2.10. The Labute approximate surface area is 98.2 Å². The number of aliphatic hydroxyl groups is 1. The summed E-state index contributed by atoms with van der Waals surface area (Å²) in [4.78, 5) is 0. The first-order valence-electron chi connectivity index (χ1n) is 5.92. The molecule has 0 aromatic rings. The van der Waals surface area contributed by atoms with Crippen LogP contribution in [0, 0.1) is 5.92 Å². The Morgan fingerprint density at radius 3 is 2.50 bits per heavy atom. The minimum atomic E-state index is -3.31. The van der Waals surface area contributed by atoms with Crippen LogP contribution in [0.3, 0.4) is 0 Å². The van der Waals surface area contributed by atoms with Crippen LogP contribution in [0.4, 0.5) is 0 Å². The molecular formula is C10H22N2O3S. The molecule has 0 spiro atoms. The molecule has 0 radical (unpaired) electrons. The van der Waals surface area contributed by atoms with Crippen molar-refractivity contribution in [3.63, 3.8) is 0 Å². The van der Waals surface area contributed by atoms with Gasteiger partial charge in [-0.2, -0.15) is 17.0 Å². The molecule has 0 aliphatic carbocycles. The summed E-state index contributed by atoms with van der Waals surface area (Å²) in [5, 5.41) is 9.09. The maximum atomic E-state index is 12.2. The average Bonchev–Trinajstić information content (AvgIpc) is 2.30. The molecule has 96 valence electrons. The van der Waals surface area contributed by atoms with Crippen molar-refractivity contribution < 1.29 is 13.5 Å². The van der Waals surface area contributed by atoms with Gasteiger partial charge in [0.1, 0.15) is 0 Å². The lowest BCUT2D eigenvalue weighted by atomic mass is 10.0. The molecule has 1 aliphatic heterocycles. The number of hydrogen-bond donors (Lipinski definition) is 1. The van der Waals surface area contributed by atoms with Crippen molar-refractivity contribution >= 4 is 10.2 Å². The maximum Gasteiger partial charge on any atom is 0.281 e. The van der Waals surface area contributed by atoms with Crippen molar-refractivity contribution in [1.82, 2.24) is 8.61 Å². The Morgan fingerprint density at radius 1 is 1.38 bits per heavy atom. The predicted molar refractivity (Wildman–Crippen MR) is 63.2 cm³/mol. The molecule has 0 aromatic heterocycles. The third-order valence-electron chi connectivity index (χ3n) is 3.10. The highest BCUT2D eigenvalue weighted by Crippen LogP contribution is 2.20. The molecule has 1 aliphatic rings. The predicted octanol–water partition coefficient (Wildman–Crippen LogP) is 0.277. The smallest absolute Gasteiger partial charge is 0.281 e. The Kier molecular flexibility index (Phi) is 5.17. The van der Waals surface area contributed by atoms with Crippen LogP contribution in [0.5, 0.6) is 0 Å². The number of hydrogen-bond acceptors (Lipinski definition) is 3. The standard InChI is InChI=1S/C10H22N2O3S/c1-3-11(4-2)16(14,15)12-7-5-6-10(8-12)9-13/h10,13H,3-9H2,1-2H3. The molecule has 16 heavy (non-hydrogen) atoms. The van der Waals surface area contributed by atoms with Crippen molar-refractivity contribution in [2.45, 2.75) is 26.7 Å². The van der Waals surface area contributed by atoms with Crippen LogP contribution in [0.15, 0.2) is 0 Å². The lowest BCUT2D eigenvalue weighted by molar-refractivity contribution is 0.161. The van der Waals surface area contributed by atoms with E-state index in [2.05, 4.69) is 0 Å². The van der Waals surface area contributed by atoms with Crippen molar-refractivity contribution in [3.8, 4) is 0 Å². The lowest BCUT2D eigenvalue weighted by Crippen LogP contribution is -2.48. The highest BCUT2D eigenvalue weighted by atomic mass is 32.2. The topological polar surface area (TPSA) is 60.9 Å². The zero-order chi connectivity index (χ0) is 12.2. The van der Waals surface area contributed by atoms with Gasteiger partial charge in [-0.1, -0.05) is 13.8 Å². The van der Waals surface area contributed by atoms with Crippen LogP contribution in [-0.2, 0) is 10.2 Å². The van der Waals surface area contributed by atoms with Crippen LogP contribution >= 0.6 is 0 Å². The van der Waals surface area contributed by atoms with Crippen LogP contribution < -0.4 is 0 Å². The summed E-state index contributed by atoms with van der Waals surface area (Å²) >= 11 is 0. The van der Waals surface area contributed by atoms with Gasteiger partial charge in [0.2, 0.25) is 0 Å². The minimum absolute atomic E-state index is 0.0737. The molecule has 1 unspecified atom stereocenters. The van der Waals surface area contributed by atoms with Gasteiger partial charge in [0.05, 0.1) is 0 Å². The molecule has 1 fully saturated rings. The van der Waals surface area contributed by atoms with E-state index >= 15 is 0 Å².